The van der Waals surface area contributed by atoms with Gasteiger partial charge in [-0.05, 0) is 79.9 Å². The molecule has 28 heavy (non-hydrogen) atoms. The number of hydrogen-bond donors (Lipinski definition) is 3. The maximum atomic E-state index is 13.1. The minimum Gasteiger partial charge on any atom is -0.478 e. The zero-order chi connectivity index (χ0) is 21.0. The van der Waals surface area contributed by atoms with Gasteiger partial charge in [-0.1, -0.05) is 18.2 Å². The van der Waals surface area contributed by atoms with Gasteiger partial charge in [0.15, 0.2) is 0 Å². The van der Waals surface area contributed by atoms with Crippen molar-refractivity contribution in [2.45, 2.75) is 6.92 Å². The van der Waals surface area contributed by atoms with Crippen molar-refractivity contribution in [2.75, 3.05) is 23.4 Å². The molecule has 2 aromatic carbocycles. The van der Waals surface area contributed by atoms with E-state index in [4.69, 9.17) is 0 Å². The predicted molar refractivity (Wildman–Crippen MR) is 131 cm³/mol. The first-order valence-corrected chi connectivity index (χ1v) is 11.1. The molecule has 3 N–H and O–H groups in total. The standard InChI is InChI=1S/C18H15I3N2O5/c1-9(25)22-15-12(19)11(18(27)28)13(20)16(14(15)21)23(7-8-24)17(26)10-5-3-2-4-6-10/h2-6,24H,7-8H2,1H3,(H,22,25)(H,27,28). The van der Waals surface area contributed by atoms with Crippen LogP contribution in [0.5, 0.6) is 0 Å². The Morgan fingerprint density at radius 1 is 1.04 bits per heavy atom. The Balaban J connectivity index is 2.78. The molecule has 0 unspecified atom stereocenters. The van der Waals surface area contributed by atoms with Crippen molar-refractivity contribution in [3.05, 3.63) is 52.2 Å². The number of halogens is 3. The first kappa shape index (κ1) is 23.3. The summed E-state index contributed by atoms with van der Waals surface area (Å²) in [7, 11) is 0. The van der Waals surface area contributed by atoms with Gasteiger partial charge in [-0.3, -0.25) is 9.59 Å². The molecule has 0 aliphatic carbocycles. The van der Waals surface area contributed by atoms with Crippen molar-refractivity contribution in [3.63, 3.8) is 0 Å². The molecular formula is C18H15I3N2O5. The van der Waals surface area contributed by atoms with E-state index in [-0.39, 0.29) is 30.5 Å². The Hall–Kier alpha value is -1.000. The zero-order valence-corrected chi connectivity index (χ0v) is 21.0. The third-order valence-corrected chi connectivity index (χ3v) is 6.85. The van der Waals surface area contributed by atoms with Crippen LogP contribution in [0.15, 0.2) is 30.3 Å². The van der Waals surface area contributed by atoms with E-state index >= 15 is 0 Å². The Morgan fingerprint density at radius 3 is 2.14 bits per heavy atom. The topological polar surface area (TPSA) is 107 Å². The molecule has 148 valence electrons. The van der Waals surface area contributed by atoms with Crippen LogP contribution in [-0.2, 0) is 4.79 Å². The molecule has 2 rings (SSSR count). The highest BCUT2D eigenvalue weighted by atomic mass is 127. The molecule has 0 saturated carbocycles. The van der Waals surface area contributed by atoms with Gasteiger partial charge in [-0.15, -0.1) is 0 Å². The highest BCUT2D eigenvalue weighted by molar-refractivity contribution is 14.1. The van der Waals surface area contributed by atoms with Gasteiger partial charge in [0.25, 0.3) is 5.91 Å². The second-order valence-corrected chi connectivity index (χ2v) is 8.81. The van der Waals surface area contributed by atoms with Crippen LogP contribution in [0.1, 0.15) is 27.6 Å². The summed E-state index contributed by atoms with van der Waals surface area (Å²) in [5.74, 6) is -1.91. The van der Waals surface area contributed by atoms with Crippen LogP contribution in [0.3, 0.4) is 0 Å². The number of carboxylic acid groups (broad SMARTS) is 1. The summed E-state index contributed by atoms with van der Waals surface area (Å²) in [5, 5.41) is 21.9. The first-order chi connectivity index (χ1) is 13.2. The highest BCUT2D eigenvalue weighted by Gasteiger charge is 2.30. The Labute approximate surface area is 202 Å². The lowest BCUT2D eigenvalue weighted by Gasteiger charge is -2.27. The van der Waals surface area contributed by atoms with E-state index in [2.05, 4.69) is 5.32 Å². The van der Waals surface area contributed by atoms with Gasteiger partial charge < -0.3 is 20.4 Å². The third-order valence-electron chi connectivity index (χ3n) is 3.67. The van der Waals surface area contributed by atoms with Crippen molar-refractivity contribution in [2.24, 2.45) is 0 Å². The number of carbonyl (C=O) groups is 3. The molecule has 0 fully saturated rings. The van der Waals surface area contributed by atoms with Crippen LogP contribution >= 0.6 is 67.8 Å². The van der Waals surface area contributed by atoms with Crippen molar-refractivity contribution < 1.29 is 24.6 Å². The molecule has 2 amide bonds. The fourth-order valence-corrected chi connectivity index (χ4v) is 6.99. The SMILES string of the molecule is CC(=O)Nc1c(I)c(C(=O)O)c(I)c(N(CCO)C(=O)c2ccccc2)c1I. The minimum absolute atomic E-state index is 0.0100. The van der Waals surface area contributed by atoms with Crippen LogP contribution in [0.2, 0.25) is 0 Å². The maximum Gasteiger partial charge on any atom is 0.338 e. The van der Waals surface area contributed by atoms with Gasteiger partial charge in [-0.25, -0.2) is 4.79 Å². The molecular weight excluding hydrogens is 705 g/mol. The maximum absolute atomic E-state index is 13.1. The second kappa shape index (κ2) is 10.2. The Bertz CT molecular complexity index is 935. The number of nitrogens with one attached hydrogen (secondary N) is 1. The summed E-state index contributed by atoms with van der Waals surface area (Å²) in [6.07, 6.45) is 0. The number of carbonyl (C=O) groups excluding carboxylic acids is 2. The molecule has 10 heteroatoms. The molecule has 0 heterocycles. The Kier molecular flexibility index (Phi) is 8.44. The molecule has 0 spiro atoms. The summed E-state index contributed by atoms with van der Waals surface area (Å²) in [6.45, 7) is 0.984. The zero-order valence-electron chi connectivity index (χ0n) is 14.5. The van der Waals surface area contributed by atoms with Crippen molar-refractivity contribution in [1.29, 1.82) is 0 Å². The van der Waals surface area contributed by atoms with E-state index in [1.165, 1.54) is 11.8 Å². The number of carboxylic acids is 1. The number of nitrogens with zero attached hydrogens (tertiary/aromatic N) is 1. The van der Waals surface area contributed by atoms with Crippen LogP contribution in [-0.4, -0.2) is 41.1 Å². The largest absolute Gasteiger partial charge is 0.478 e. The van der Waals surface area contributed by atoms with Gasteiger partial charge in [0.2, 0.25) is 5.91 Å². The number of aliphatic hydroxyl groups is 1. The van der Waals surface area contributed by atoms with Gasteiger partial charge in [0.1, 0.15) is 0 Å². The first-order valence-electron chi connectivity index (χ1n) is 7.89. The predicted octanol–water partition coefficient (Wildman–Crippen LogP) is 3.80. The van der Waals surface area contributed by atoms with Crippen molar-refractivity contribution >= 4 is 96.9 Å². The lowest BCUT2D eigenvalue weighted by atomic mass is 10.1. The van der Waals surface area contributed by atoms with Crippen molar-refractivity contribution in [3.8, 4) is 0 Å². The van der Waals surface area contributed by atoms with Gasteiger partial charge in [-0.2, -0.15) is 0 Å². The molecule has 0 aromatic heterocycles. The summed E-state index contributed by atoms with van der Waals surface area (Å²) >= 11 is 5.74. The number of benzene rings is 2. The number of aliphatic hydroxyl groups excluding tert-OH is 1. The average Bonchev–Trinajstić information content (AvgIpc) is 2.64. The monoisotopic (exact) mass is 720 g/mol. The summed E-state index contributed by atoms with van der Waals surface area (Å²) in [5.41, 5.74) is 1.05. The number of hydrogen-bond acceptors (Lipinski definition) is 4. The van der Waals surface area contributed by atoms with E-state index in [0.29, 0.717) is 27.6 Å². The van der Waals surface area contributed by atoms with Crippen molar-refractivity contribution in [1.82, 2.24) is 0 Å². The fourth-order valence-electron chi connectivity index (χ4n) is 2.51. The summed E-state index contributed by atoms with van der Waals surface area (Å²) < 4.78 is 1.24. The molecule has 0 atom stereocenters. The van der Waals surface area contributed by atoms with Crippen LogP contribution in [0.4, 0.5) is 11.4 Å². The molecule has 0 saturated heterocycles. The quantitative estimate of drug-likeness (QED) is 0.395. The number of aromatic carboxylic acids is 1. The van der Waals surface area contributed by atoms with Gasteiger partial charge in [0, 0.05) is 19.0 Å². The Morgan fingerprint density at radius 2 is 1.64 bits per heavy atom. The van der Waals surface area contributed by atoms with E-state index < -0.39 is 5.97 Å². The molecule has 2 aromatic rings. The molecule has 0 radical (unpaired) electrons. The number of amides is 2. The normalized spacial score (nSPS) is 10.5. The van der Waals surface area contributed by atoms with Gasteiger partial charge >= 0.3 is 5.97 Å². The highest BCUT2D eigenvalue weighted by Crippen LogP contribution is 2.41. The van der Waals surface area contributed by atoms with Crippen LogP contribution in [0, 0.1) is 10.7 Å². The average molecular weight is 720 g/mol. The van der Waals surface area contributed by atoms with Crippen LogP contribution in [0.25, 0.3) is 0 Å². The fraction of sp³-hybridized carbons (Fsp3) is 0.167. The number of rotatable bonds is 6. The molecule has 0 aliphatic rings. The van der Waals surface area contributed by atoms with E-state index in [1.807, 2.05) is 67.8 Å². The molecule has 0 aliphatic heterocycles. The lowest BCUT2D eigenvalue weighted by molar-refractivity contribution is -0.114. The van der Waals surface area contributed by atoms with E-state index in [1.54, 1.807) is 30.3 Å². The summed E-state index contributed by atoms with van der Waals surface area (Å²) in [4.78, 5) is 38.0. The summed E-state index contributed by atoms with van der Waals surface area (Å²) in [6, 6.07) is 8.51. The van der Waals surface area contributed by atoms with Gasteiger partial charge in [0.05, 0.1) is 34.3 Å². The lowest BCUT2D eigenvalue weighted by Crippen LogP contribution is -2.35. The smallest absolute Gasteiger partial charge is 0.338 e. The minimum atomic E-state index is -1.17. The van der Waals surface area contributed by atoms with E-state index in [0.717, 1.165) is 0 Å². The molecule has 7 nitrogen and oxygen atoms in total. The van der Waals surface area contributed by atoms with E-state index in [9.17, 15) is 24.6 Å². The number of anilines is 2. The molecule has 0 bridgehead atoms. The second-order valence-electron chi connectivity index (χ2n) is 5.57. The third kappa shape index (κ3) is 4.94. The van der Waals surface area contributed by atoms with Crippen LogP contribution < -0.4 is 10.2 Å².